The third kappa shape index (κ3) is 2.79. The number of Topliss-reactive ketones (excluding diaryl/α,β-unsaturated/α-hetero) is 1. The molecule has 1 aliphatic heterocycles. The Labute approximate surface area is 149 Å². The highest BCUT2D eigenvalue weighted by atomic mass is 16.5. The number of para-hydroxylation sites is 1. The first-order chi connectivity index (χ1) is 12.5. The summed E-state index contributed by atoms with van der Waals surface area (Å²) in [7, 11) is 0. The zero-order valence-corrected chi connectivity index (χ0v) is 14.0. The molecule has 3 N–H and O–H groups in total. The molecule has 0 fully saturated rings. The van der Waals surface area contributed by atoms with Crippen molar-refractivity contribution in [1.29, 1.82) is 0 Å². The van der Waals surface area contributed by atoms with Gasteiger partial charge in [0.25, 0.3) is 0 Å². The Morgan fingerprint density at radius 3 is 2.81 bits per heavy atom. The second-order valence-corrected chi connectivity index (χ2v) is 6.63. The number of aromatic nitrogens is 1. The van der Waals surface area contributed by atoms with Crippen LogP contribution in [0.4, 0.5) is 5.69 Å². The number of rotatable bonds is 5. The smallest absolute Gasteiger partial charge is 0.307 e. The summed E-state index contributed by atoms with van der Waals surface area (Å²) in [5.41, 5.74) is 3.67. The summed E-state index contributed by atoms with van der Waals surface area (Å²) in [6.07, 6.45) is 2.86. The Morgan fingerprint density at radius 1 is 1.23 bits per heavy atom. The highest BCUT2D eigenvalue weighted by Gasteiger charge is 2.37. The molecule has 2 aromatic carbocycles. The van der Waals surface area contributed by atoms with Crippen LogP contribution in [0.25, 0.3) is 10.9 Å². The molecule has 132 valence electrons. The van der Waals surface area contributed by atoms with Gasteiger partial charge in [-0.15, -0.1) is 0 Å². The van der Waals surface area contributed by atoms with Gasteiger partial charge < -0.3 is 20.4 Å². The van der Waals surface area contributed by atoms with Crippen LogP contribution in [-0.2, 0) is 17.6 Å². The Hall–Kier alpha value is -2.96. The van der Waals surface area contributed by atoms with Crippen LogP contribution >= 0.6 is 0 Å². The first kappa shape index (κ1) is 16.5. The van der Waals surface area contributed by atoms with Crippen LogP contribution in [-0.4, -0.2) is 27.9 Å². The van der Waals surface area contributed by atoms with Gasteiger partial charge in [0, 0.05) is 29.6 Å². The number of fused-ring (bicyclic) bond motifs is 2. The van der Waals surface area contributed by atoms with E-state index in [9.17, 15) is 14.8 Å². The van der Waals surface area contributed by atoms with Crippen molar-refractivity contribution in [1.82, 2.24) is 4.98 Å². The first-order valence-electron chi connectivity index (χ1n) is 8.52. The molecule has 0 radical (unpaired) electrons. The first-order valence-corrected chi connectivity index (χ1v) is 8.52. The largest absolute Gasteiger partial charge is 0.628 e. The number of carbonyl (C=O) groups is 2. The lowest BCUT2D eigenvalue weighted by molar-refractivity contribution is -0.790. The van der Waals surface area contributed by atoms with Crippen molar-refractivity contribution in [2.24, 2.45) is 0 Å². The zero-order valence-electron chi connectivity index (χ0n) is 14.0. The van der Waals surface area contributed by atoms with Crippen molar-refractivity contribution in [2.75, 3.05) is 0 Å². The fraction of sp³-hybridized carbons (Fsp3) is 0.200. The molecule has 2 unspecified atom stereocenters. The van der Waals surface area contributed by atoms with Crippen LogP contribution in [0.1, 0.15) is 27.9 Å². The number of hydrogen-bond acceptors (Lipinski definition) is 3. The number of nitrogens with one attached hydrogen (secondary N) is 2. The van der Waals surface area contributed by atoms with E-state index in [1.54, 1.807) is 30.3 Å². The molecule has 6 nitrogen and oxygen atoms in total. The molecule has 3 aromatic rings. The summed E-state index contributed by atoms with van der Waals surface area (Å²) in [5, 5.41) is 22.3. The van der Waals surface area contributed by atoms with Crippen LogP contribution in [0.5, 0.6) is 0 Å². The van der Waals surface area contributed by atoms with E-state index >= 15 is 0 Å². The molecule has 4 rings (SSSR count). The van der Waals surface area contributed by atoms with E-state index in [0.29, 0.717) is 24.1 Å². The molecule has 26 heavy (non-hydrogen) atoms. The number of H-pyrrole nitrogens is 1. The number of aryl methyl sites for hydroxylation is 1. The summed E-state index contributed by atoms with van der Waals surface area (Å²) < 4.78 is 0. The average molecular weight is 350 g/mol. The summed E-state index contributed by atoms with van der Waals surface area (Å²) in [6.45, 7) is 0. The number of aliphatic carboxylic acids is 1. The fourth-order valence-corrected chi connectivity index (χ4v) is 3.69. The highest BCUT2D eigenvalue weighted by molar-refractivity contribution is 6.05. The lowest BCUT2D eigenvalue weighted by Gasteiger charge is -2.23. The Bertz CT molecular complexity index is 1010. The van der Waals surface area contributed by atoms with E-state index in [-0.39, 0.29) is 17.3 Å². The van der Waals surface area contributed by atoms with Gasteiger partial charge in [0.2, 0.25) is 5.78 Å². The summed E-state index contributed by atoms with van der Waals surface area (Å²) >= 11 is 0. The minimum Gasteiger partial charge on any atom is -0.628 e. The molecule has 2 heterocycles. The van der Waals surface area contributed by atoms with E-state index in [2.05, 4.69) is 4.98 Å². The molecule has 0 aliphatic carbocycles. The monoisotopic (exact) mass is 350 g/mol. The van der Waals surface area contributed by atoms with Crippen LogP contribution in [0.15, 0.2) is 48.7 Å². The van der Waals surface area contributed by atoms with Gasteiger partial charge in [0.15, 0.2) is 6.04 Å². The molecule has 0 spiro atoms. The molecular weight excluding hydrogens is 332 g/mol. The number of carboxylic acid groups (broad SMARTS) is 1. The lowest BCUT2D eigenvalue weighted by Crippen LogP contribution is -3.05. The minimum absolute atomic E-state index is 0.0323. The number of aromatic amines is 1. The van der Waals surface area contributed by atoms with Crippen molar-refractivity contribution in [2.45, 2.75) is 25.3 Å². The lowest BCUT2D eigenvalue weighted by atomic mass is 10.00. The van der Waals surface area contributed by atoms with Crippen molar-refractivity contribution in [3.05, 3.63) is 70.6 Å². The molecule has 1 aromatic heterocycles. The second kappa shape index (κ2) is 6.40. The normalized spacial score (nSPS) is 19.0. The Kier molecular flexibility index (Phi) is 4.06. The van der Waals surface area contributed by atoms with Gasteiger partial charge in [-0.25, -0.2) is 0 Å². The second-order valence-electron chi connectivity index (χ2n) is 6.63. The third-order valence-electron chi connectivity index (χ3n) is 4.98. The van der Waals surface area contributed by atoms with Gasteiger partial charge >= 0.3 is 5.97 Å². The Morgan fingerprint density at radius 2 is 2.04 bits per heavy atom. The van der Waals surface area contributed by atoms with Gasteiger partial charge in [-0.3, -0.25) is 9.59 Å². The van der Waals surface area contributed by atoms with Gasteiger partial charge in [0.1, 0.15) is 5.69 Å². The third-order valence-corrected chi connectivity index (χ3v) is 4.98. The van der Waals surface area contributed by atoms with E-state index in [4.69, 9.17) is 5.11 Å². The Balaban J connectivity index is 1.55. The molecule has 0 saturated carbocycles. The quantitative estimate of drug-likeness (QED) is 0.613. The predicted octanol–water partition coefficient (Wildman–Crippen LogP) is 2.01. The fourth-order valence-electron chi connectivity index (χ4n) is 3.69. The maximum absolute atomic E-state index is 12.5. The van der Waals surface area contributed by atoms with E-state index in [0.717, 1.165) is 22.0 Å². The van der Waals surface area contributed by atoms with E-state index < -0.39 is 12.0 Å². The molecular formula is C20H18N2O4. The summed E-state index contributed by atoms with van der Waals surface area (Å²) in [4.78, 5) is 26.6. The van der Waals surface area contributed by atoms with E-state index in [1.807, 2.05) is 18.3 Å². The number of quaternary nitrogens is 1. The van der Waals surface area contributed by atoms with Gasteiger partial charge in [-0.1, -0.05) is 18.2 Å². The molecule has 0 saturated heterocycles. The number of carbonyl (C=O) groups excluding carboxylic acids is 1. The number of ketones is 1. The number of benzene rings is 2. The number of hydroxylamine groups is 1. The molecule has 1 aliphatic rings. The van der Waals surface area contributed by atoms with Crippen LogP contribution in [0.2, 0.25) is 0 Å². The molecule has 0 bridgehead atoms. The SMILES string of the molecule is O=C(O)Cc1ccc2[nH]cc(CCC3C(=O)c4ccccc4[NH+]3[O-])c2c1. The van der Waals surface area contributed by atoms with Crippen LogP contribution < -0.4 is 5.06 Å². The average Bonchev–Trinajstić information content (AvgIpc) is 3.13. The van der Waals surface area contributed by atoms with Crippen LogP contribution in [0, 0.1) is 5.21 Å². The molecule has 2 atom stereocenters. The standard InChI is InChI=1S/C20H18N2O4/c23-19(24)10-12-5-7-16-15(9-12)13(11-21-16)6-8-18-20(25)14-3-1-2-4-17(14)22(18)26/h1-5,7,9,11,18,21-22H,6,8,10H2,(H,23,24). The molecule has 6 heteroatoms. The minimum atomic E-state index is -0.874. The highest BCUT2D eigenvalue weighted by Crippen LogP contribution is 2.25. The maximum Gasteiger partial charge on any atom is 0.307 e. The maximum atomic E-state index is 12.5. The van der Waals surface area contributed by atoms with Crippen molar-refractivity contribution < 1.29 is 19.8 Å². The predicted molar refractivity (Wildman–Crippen MR) is 96.5 cm³/mol. The number of hydrogen-bond donors (Lipinski definition) is 3. The van der Waals surface area contributed by atoms with Gasteiger partial charge in [-0.05, 0) is 35.7 Å². The van der Waals surface area contributed by atoms with Crippen molar-refractivity contribution >= 4 is 28.3 Å². The van der Waals surface area contributed by atoms with Gasteiger partial charge in [0.05, 0.1) is 12.0 Å². The van der Waals surface area contributed by atoms with Gasteiger partial charge in [-0.2, -0.15) is 0 Å². The van der Waals surface area contributed by atoms with Crippen LogP contribution in [0.3, 0.4) is 0 Å². The number of carboxylic acids is 1. The van der Waals surface area contributed by atoms with E-state index in [1.165, 1.54) is 0 Å². The summed E-state index contributed by atoms with van der Waals surface area (Å²) in [5.74, 6) is -0.974. The zero-order chi connectivity index (χ0) is 18.3. The van der Waals surface area contributed by atoms with Crippen molar-refractivity contribution in [3.8, 4) is 0 Å². The summed E-state index contributed by atoms with van der Waals surface area (Å²) in [6, 6.07) is 11.9. The molecule has 0 amide bonds. The van der Waals surface area contributed by atoms with Crippen molar-refractivity contribution in [3.63, 3.8) is 0 Å². The topological polar surface area (TPSA) is 97.7 Å².